The van der Waals surface area contributed by atoms with Crippen molar-refractivity contribution in [3.05, 3.63) is 29.6 Å². The highest BCUT2D eigenvalue weighted by molar-refractivity contribution is 6.03. The van der Waals surface area contributed by atoms with Crippen LogP contribution < -0.4 is 5.73 Å². The molecule has 19 heavy (non-hydrogen) atoms. The number of aromatic hydroxyl groups is 1. The maximum atomic E-state index is 13.4. The first-order valence-electron chi connectivity index (χ1n) is 6.03. The molecule has 0 spiro atoms. The Morgan fingerprint density at radius 3 is 2.79 bits per heavy atom. The van der Waals surface area contributed by atoms with E-state index in [0.717, 1.165) is 0 Å². The molecule has 1 unspecified atom stereocenters. The molecule has 0 aromatic heterocycles. The number of rotatable bonds is 3. The van der Waals surface area contributed by atoms with E-state index < -0.39 is 23.6 Å². The van der Waals surface area contributed by atoms with E-state index in [1.807, 2.05) is 13.8 Å². The van der Waals surface area contributed by atoms with Gasteiger partial charge in [-0.1, -0.05) is 19.9 Å². The second-order valence-electron chi connectivity index (χ2n) is 4.98. The summed E-state index contributed by atoms with van der Waals surface area (Å²) in [6.45, 7) is 4.42. The Balaban J connectivity index is 2.36. The third-order valence-electron chi connectivity index (χ3n) is 2.91. The molecule has 3 N–H and O–H groups in total. The van der Waals surface area contributed by atoms with E-state index in [-0.39, 0.29) is 11.8 Å². The maximum absolute atomic E-state index is 13.4. The number of phenols is 1. The molecule has 1 aliphatic heterocycles. The van der Waals surface area contributed by atoms with E-state index in [0.29, 0.717) is 12.1 Å². The number of hydrogen-bond acceptors (Lipinski definition) is 3. The molecule has 1 aromatic carbocycles. The molecule has 1 heterocycles. The van der Waals surface area contributed by atoms with Crippen LogP contribution in [0, 0.1) is 11.7 Å². The van der Waals surface area contributed by atoms with Gasteiger partial charge in [-0.25, -0.2) is 9.18 Å². The van der Waals surface area contributed by atoms with Crippen LogP contribution in [0.4, 0.5) is 9.18 Å². The van der Waals surface area contributed by atoms with Crippen molar-refractivity contribution in [2.24, 2.45) is 16.6 Å². The Hall–Kier alpha value is -2.11. The van der Waals surface area contributed by atoms with E-state index in [4.69, 9.17) is 5.73 Å². The average Bonchev–Trinajstić information content (AvgIpc) is 2.57. The summed E-state index contributed by atoms with van der Waals surface area (Å²) in [6.07, 6.45) is 0. The third-order valence-corrected chi connectivity index (χ3v) is 2.91. The summed E-state index contributed by atoms with van der Waals surface area (Å²) in [5.74, 6) is -0.779. The van der Waals surface area contributed by atoms with Gasteiger partial charge in [0.1, 0.15) is 11.9 Å². The molecule has 1 aromatic rings. The molecule has 6 heteroatoms. The smallest absolute Gasteiger partial charge is 0.346 e. The van der Waals surface area contributed by atoms with Gasteiger partial charge in [-0.3, -0.25) is 0 Å². The first kappa shape index (κ1) is 13.3. The van der Waals surface area contributed by atoms with Gasteiger partial charge in [0.05, 0.1) is 0 Å². The van der Waals surface area contributed by atoms with E-state index in [2.05, 4.69) is 4.99 Å². The van der Waals surface area contributed by atoms with Crippen molar-refractivity contribution < 1.29 is 14.3 Å². The zero-order valence-electron chi connectivity index (χ0n) is 10.8. The Morgan fingerprint density at radius 2 is 2.21 bits per heavy atom. The Morgan fingerprint density at radius 1 is 1.53 bits per heavy atom. The van der Waals surface area contributed by atoms with Gasteiger partial charge in [-0.05, 0) is 23.6 Å². The Kier molecular flexibility index (Phi) is 3.42. The summed E-state index contributed by atoms with van der Waals surface area (Å²) in [5, 5.41) is 9.20. The van der Waals surface area contributed by atoms with Crippen LogP contribution in [0.25, 0.3) is 0 Å². The summed E-state index contributed by atoms with van der Waals surface area (Å²) < 4.78 is 13.4. The summed E-state index contributed by atoms with van der Waals surface area (Å²) >= 11 is 0. The van der Waals surface area contributed by atoms with Crippen molar-refractivity contribution in [1.29, 1.82) is 0 Å². The van der Waals surface area contributed by atoms with Crippen molar-refractivity contribution in [2.75, 3.05) is 6.54 Å². The second kappa shape index (κ2) is 4.87. The summed E-state index contributed by atoms with van der Waals surface area (Å²) in [6, 6.07) is 2.98. The first-order chi connectivity index (χ1) is 8.90. The minimum Gasteiger partial charge on any atom is -0.505 e. The topological polar surface area (TPSA) is 78.9 Å². The van der Waals surface area contributed by atoms with Crippen molar-refractivity contribution in [1.82, 2.24) is 4.90 Å². The summed E-state index contributed by atoms with van der Waals surface area (Å²) in [5.41, 5.74) is 6.26. The molecule has 0 saturated carbocycles. The zero-order chi connectivity index (χ0) is 14.2. The number of halogens is 1. The van der Waals surface area contributed by atoms with Crippen molar-refractivity contribution in [3.63, 3.8) is 0 Å². The number of urea groups is 1. The van der Waals surface area contributed by atoms with Gasteiger partial charge in [-0.15, -0.1) is 0 Å². The molecule has 5 nitrogen and oxygen atoms in total. The van der Waals surface area contributed by atoms with Crippen molar-refractivity contribution in [2.45, 2.75) is 19.9 Å². The molecule has 0 radical (unpaired) electrons. The lowest BCUT2D eigenvalue weighted by molar-refractivity contribution is 0.198. The number of amides is 2. The molecule has 2 rings (SSSR count). The zero-order valence-corrected chi connectivity index (χ0v) is 10.8. The number of hydrogen-bond donors (Lipinski definition) is 2. The Labute approximate surface area is 110 Å². The van der Waals surface area contributed by atoms with Crippen LogP contribution in [-0.2, 0) is 0 Å². The van der Waals surface area contributed by atoms with Crippen LogP contribution >= 0.6 is 0 Å². The predicted octanol–water partition coefficient (Wildman–Crippen LogP) is 2.02. The van der Waals surface area contributed by atoms with Gasteiger partial charge in [0.25, 0.3) is 0 Å². The van der Waals surface area contributed by atoms with Crippen LogP contribution in [0.1, 0.15) is 25.5 Å². The normalized spacial score (nSPS) is 19.2. The average molecular weight is 265 g/mol. The number of phenolic OH excluding ortho intramolecular Hbond substituents is 1. The molecule has 0 fully saturated rings. The monoisotopic (exact) mass is 265 g/mol. The Bertz CT molecular complexity index is 543. The molecule has 102 valence electrons. The minimum absolute atomic E-state index is 0.149. The van der Waals surface area contributed by atoms with E-state index in [1.165, 1.54) is 23.1 Å². The number of amidine groups is 1. The van der Waals surface area contributed by atoms with Crippen molar-refractivity contribution >= 4 is 11.9 Å². The van der Waals surface area contributed by atoms with Crippen LogP contribution in [0.5, 0.6) is 5.75 Å². The minimum atomic E-state index is -0.742. The fraction of sp³-hybridized carbons (Fsp3) is 0.385. The molecule has 0 saturated heterocycles. The first-order valence-corrected chi connectivity index (χ1v) is 6.03. The number of benzene rings is 1. The fourth-order valence-corrected chi connectivity index (χ4v) is 2.13. The number of nitrogens with two attached hydrogens (primary N) is 1. The van der Waals surface area contributed by atoms with Gasteiger partial charge >= 0.3 is 6.03 Å². The highest BCUT2D eigenvalue weighted by atomic mass is 19.1. The van der Waals surface area contributed by atoms with Gasteiger partial charge in [0.15, 0.2) is 11.6 Å². The molecular formula is C13H16FN3O2. The largest absolute Gasteiger partial charge is 0.505 e. The lowest BCUT2D eigenvalue weighted by Crippen LogP contribution is -2.35. The highest BCUT2D eigenvalue weighted by Crippen LogP contribution is 2.30. The van der Waals surface area contributed by atoms with Crippen molar-refractivity contribution in [3.8, 4) is 5.75 Å². The highest BCUT2D eigenvalue weighted by Gasteiger charge is 2.35. The van der Waals surface area contributed by atoms with Gasteiger partial charge < -0.3 is 15.7 Å². The number of carbonyl (C=O) groups is 1. The quantitative estimate of drug-likeness (QED) is 0.877. The summed E-state index contributed by atoms with van der Waals surface area (Å²) in [7, 11) is 0. The predicted molar refractivity (Wildman–Crippen MR) is 69.4 cm³/mol. The molecule has 1 atom stereocenters. The van der Waals surface area contributed by atoms with Gasteiger partial charge in [-0.2, -0.15) is 4.99 Å². The second-order valence-corrected chi connectivity index (χ2v) is 4.98. The van der Waals surface area contributed by atoms with E-state index in [1.54, 1.807) is 0 Å². The molecule has 2 amide bonds. The number of nitrogens with zero attached hydrogens (tertiary/aromatic N) is 2. The molecule has 0 aliphatic carbocycles. The number of aliphatic imine (C=N–C) groups is 1. The van der Waals surface area contributed by atoms with Gasteiger partial charge in [0.2, 0.25) is 0 Å². The summed E-state index contributed by atoms with van der Waals surface area (Å²) in [4.78, 5) is 17.0. The molecular weight excluding hydrogens is 249 g/mol. The van der Waals surface area contributed by atoms with Crippen LogP contribution in [0.3, 0.4) is 0 Å². The van der Waals surface area contributed by atoms with Crippen LogP contribution in [0.2, 0.25) is 0 Å². The fourth-order valence-electron chi connectivity index (χ4n) is 2.13. The SMILES string of the molecule is CC(C)CN1C(=O)N=C(N)C1c1ccc(O)c(F)c1. The van der Waals surface area contributed by atoms with E-state index in [9.17, 15) is 14.3 Å². The maximum Gasteiger partial charge on any atom is 0.346 e. The van der Waals surface area contributed by atoms with Gasteiger partial charge in [0, 0.05) is 6.54 Å². The van der Waals surface area contributed by atoms with E-state index >= 15 is 0 Å². The lowest BCUT2D eigenvalue weighted by atomic mass is 10.0. The number of carbonyl (C=O) groups excluding carboxylic acids is 1. The van der Waals surface area contributed by atoms with Crippen LogP contribution in [-0.4, -0.2) is 28.4 Å². The van der Waals surface area contributed by atoms with Crippen LogP contribution in [0.15, 0.2) is 23.2 Å². The standard InChI is InChI=1S/C13H16FN3O2/c1-7(2)6-17-11(12(15)16-13(17)19)8-3-4-10(18)9(14)5-8/h3-5,7,11,18H,6H2,1-2H3,(H2,15,16,19). The molecule has 1 aliphatic rings. The third kappa shape index (κ3) is 2.52. The molecule has 0 bridgehead atoms. The lowest BCUT2D eigenvalue weighted by Gasteiger charge is -2.26.